The van der Waals surface area contributed by atoms with Crippen LogP contribution in [0, 0.1) is 11.7 Å². The summed E-state index contributed by atoms with van der Waals surface area (Å²) in [6.07, 6.45) is 1.62. The summed E-state index contributed by atoms with van der Waals surface area (Å²) in [6, 6.07) is 1.79. The molecule has 6 heteroatoms. The van der Waals surface area contributed by atoms with Crippen LogP contribution < -0.4 is 0 Å². The first-order chi connectivity index (χ1) is 8.13. The molecule has 0 unspecified atom stereocenters. The fourth-order valence-electron chi connectivity index (χ4n) is 1.54. The number of hydrogen-bond donors (Lipinski definition) is 1. The zero-order chi connectivity index (χ0) is 12.4. The normalized spacial score (nSPS) is 10.2. The van der Waals surface area contributed by atoms with Gasteiger partial charge in [-0.3, -0.25) is 0 Å². The molecule has 1 N–H and O–H groups in total. The number of esters is 1. The summed E-state index contributed by atoms with van der Waals surface area (Å²) in [7, 11) is 1.37. The van der Waals surface area contributed by atoms with Crippen LogP contribution in [0.2, 0.25) is 0 Å². The fraction of sp³-hybridized carbons (Fsp3) is 0.182. The van der Waals surface area contributed by atoms with Gasteiger partial charge in [0.05, 0.1) is 12.8 Å². The van der Waals surface area contributed by atoms with Gasteiger partial charge in [0.1, 0.15) is 4.88 Å². The summed E-state index contributed by atoms with van der Waals surface area (Å²) in [6.45, 7) is 1.94. The first-order valence-corrected chi connectivity index (χ1v) is 6.14. The number of nitrogens with one attached hydrogen (secondary N) is 1. The quantitative estimate of drug-likeness (QED) is 0.670. The van der Waals surface area contributed by atoms with Crippen LogP contribution in [0.15, 0.2) is 17.6 Å². The first-order valence-electron chi connectivity index (χ1n) is 4.85. The highest BCUT2D eigenvalue weighted by Crippen LogP contribution is 2.31. The summed E-state index contributed by atoms with van der Waals surface area (Å²) in [5.74, 6) is -0.339. The Balaban J connectivity index is 2.62. The van der Waals surface area contributed by atoms with Crippen molar-refractivity contribution in [2.75, 3.05) is 7.11 Å². The van der Waals surface area contributed by atoms with Crippen LogP contribution in [0.5, 0.6) is 0 Å². The highest BCUT2D eigenvalue weighted by Gasteiger charge is 2.18. The molecule has 0 bridgehead atoms. The Morgan fingerprint density at radius 2 is 2.35 bits per heavy atom. The van der Waals surface area contributed by atoms with Crippen molar-refractivity contribution in [1.29, 1.82) is 0 Å². The Labute approximate surface area is 107 Å². The third kappa shape index (κ3) is 2.27. The van der Waals surface area contributed by atoms with Crippen LogP contribution in [0.1, 0.15) is 15.2 Å². The summed E-state index contributed by atoms with van der Waals surface area (Å²) >= 11 is 6.34. The maximum absolute atomic E-state index is 11.6. The molecule has 2 heterocycles. The van der Waals surface area contributed by atoms with E-state index in [1.165, 1.54) is 18.4 Å². The number of ether oxygens (including phenoxy) is 1. The lowest BCUT2D eigenvalue weighted by molar-refractivity contribution is 0.0607. The summed E-state index contributed by atoms with van der Waals surface area (Å²) in [4.78, 5) is 19.1. The van der Waals surface area contributed by atoms with Gasteiger partial charge in [0.2, 0.25) is 0 Å². The Hall–Kier alpha value is -1.53. The van der Waals surface area contributed by atoms with E-state index >= 15 is 0 Å². The van der Waals surface area contributed by atoms with Crippen LogP contribution in [0.3, 0.4) is 0 Å². The minimum atomic E-state index is -0.339. The molecule has 88 valence electrons. The molecule has 2 aromatic heterocycles. The molecular weight excluding hydrogens is 256 g/mol. The number of carbonyl (C=O) groups excluding carboxylic acids is 1. The molecule has 0 aromatic carbocycles. The zero-order valence-corrected chi connectivity index (χ0v) is 10.9. The number of nitrogens with zero attached hydrogens (tertiary/aromatic N) is 1. The van der Waals surface area contributed by atoms with E-state index in [4.69, 9.17) is 17.0 Å². The number of aromatic nitrogens is 2. The average molecular weight is 266 g/mol. The molecule has 2 aromatic rings. The number of rotatable bonds is 2. The highest BCUT2D eigenvalue weighted by atomic mass is 32.1. The summed E-state index contributed by atoms with van der Waals surface area (Å²) < 4.78 is 5.15. The van der Waals surface area contributed by atoms with Gasteiger partial charge in [-0.05, 0) is 36.2 Å². The van der Waals surface area contributed by atoms with Crippen molar-refractivity contribution in [2.45, 2.75) is 6.92 Å². The van der Waals surface area contributed by atoms with E-state index in [1.54, 1.807) is 12.3 Å². The Morgan fingerprint density at radius 1 is 1.59 bits per heavy atom. The van der Waals surface area contributed by atoms with E-state index in [2.05, 4.69) is 9.97 Å². The number of aromatic amines is 1. The van der Waals surface area contributed by atoms with Gasteiger partial charge in [0, 0.05) is 11.8 Å². The second kappa shape index (κ2) is 4.77. The average Bonchev–Trinajstić information content (AvgIpc) is 2.70. The second-order valence-corrected chi connectivity index (χ2v) is 4.67. The monoisotopic (exact) mass is 266 g/mol. The van der Waals surface area contributed by atoms with E-state index < -0.39 is 0 Å². The van der Waals surface area contributed by atoms with Crippen molar-refractivity contribution in [3.8, 4) is 11.3 Å². The fourth-order valence-corrected chi connectivity index (χ4v) is 2.69. The molecule has 4 nitrogen and oxygen atoms in total. The van der Waals surface area contributed by atoms with Crippen molar-refractivity contribution < 1.29 is 9.53 Å². The molecular formula is C11H10N2O2S2. The van der Waals surface area contributed by atoms with Crippen molar-refractivity contribution in [3.05, 3.63) is 32.9 Å². The molecule has 0 saturated carbocycles. The lowest BCUT2D eigenvalue weighted by Gasteiger charge is -2.04. The number of aryl methyl sites for hydroxylation is 1. The van der Waals surface area contributed by atoms with E-state index in [-0.39, 0.29) is 5.97 Å². The molecule has 0 aliphatic carbocycles. The van der Waals surface area contributed by atoms with Crippen LogP contribution >= 0.6 is 23.6 Å². The molecule has 0 saturated heterocycles. The standard InChI is InChI=1S/C11H10N2O2S2/c1-6-5-17-9(10(14)15-2)8(6)7-3-4-12-11(16)13-7/h3-5H,1-2H3,(H,12,13,16). The minimum Gasteiger partial charge on any atom is -0.465 e. The maximum atomic E-state index is 11.6. The topological polar surface area (TPSA) is 55.0 Å². The van der Waals surface area contributed by atoms with E-state index in [9.17, 15) is 4.79 Å². The molecule has 0 aliphatic heterocycles. The largest absolute Gasteiger partial charge is 0.465 e. The number of thiophene rings is 1. The Morgan fingerprint density at radius 3 is 3.00 bits per heavy atom. The first kappa shape index (κ1) is 11.9. The van der Waals surface area contributed by atoms with Crippen LogP contribution in [0.4, 0.5) is 0 Å². The maximum Gasteiger partial charge on any atom is 0.348 e. The molecule has 0 aliphatic rings. The van der Waals surface area contributed by atoms with Crippen LogP contribution in [0.25, 0.3) is 11.3 Å². The molecule has 17 heavy (non-hydrogen) atoms. The number of methoxy groups -OCH3 is 1. The SMILES string of the molecule is COC(=O)c1scc(C)c1-c1ccnc(=S)[nH]1. The molecule has 0 spiro atoms. The van der Waals surface area contributed by atoms with Gasteiger partial charge < -0.3 is 9.72 Å². The predicted octanol–water partition coefficient (Wildman–Crippen LogP) is 2.96. The predicted molar refractivity (Wildman–Crippen MR) is 68.8 cm³/mol. The number of carbonyl (C=O) groups is 1. The van der Waals surface area contributed by atoms with Crippen LogP contribution in [-0.2, 0) is 4.74 Å². The highest BCUT2D eigenvalue weighted by molar-refractivity contribution is 7.71. The van der Waals surface area contributed by atoms with Gasteiger partial charge in [-0.15, -0.1) is 11.3 Å². The molecule has 0 radical (unpaired) electrons. The number of hydrogen-bond acceptors (Lipinski definition) is 5. The summed E-state index contributed by atoms with van der Waals surface area (Å²) in [5, 5.41) is 1.92. The molecule has 0 amide bonds. The lowest BCUT2D eigenvalue weighted by atomic mass is 10.1. The third-order valence-corrected chi connectivity index (χ3v) is 3.58. The van der Waals surface area contributed by atoms with Crippen molar-refractivity contribution >= 4 is 29.5 Å². The number of H-pyrrole nitrogens is 1. The van der Waals surface area contributed by atoms with Crippen molar-refractivity contribution in [3.63, 3.8) is 0 Å². The van der Waals surface area contributed by atoms with E-state index in [1.807, 2.05) is 12.3 Å². The van der Waals surface area contributed by atoms with E-state index in [0.717, 1.165) is 16.8 Å². The molecule has 2 rings (SSSR count). The Kier molecular flexibility index (Phi) is 3.35. The van der Waals surface area contributed by atoms with Crippen molar-refractivity contribution in [1.82, 2.24) is 9.97 Å². The van der Waals surface area contributed by atoms with Crippen LogP contribution in [-0.4, -0.2) is 23.0 Å². The van der Waals surface area contributed by atoms with Gasteiger partial charge in [-0.1, -0.05) is 0 Å². The smallest absolute Gasteiger partial charge is 0.348 e. The van der Waals surface area contributed by atoms with Gasteiger partial charge in [0.15, 0.2) is 4.77 Å². The van der Waals surface area contributed by atoms with Gasteiger partial charge in [0.25, 0.3) is 0 Å². The van der Waals surface area contributed by atoms with Gasteiger partial charge >= 0.3 is 5.97 Å². The second-order valence-electron chi connectivity index (χ2n) is 3.40. The molecule has 0 atom stereocenters. The molecule has 0 fully saturated rings. The van der Waals surface area contributed by atoms with Gasteiger partial charge in [-0.2, -0.15) is 0 Å². The zero-order valence-electron chi connectivity index (χ0n) is 9.31. The summed E-state index contributed by atoms with van der Waals surface area (Å²) in [5.41, 5.74) is 2.62. The van der Waals surface area contributed by atoms with Crippen molar-refractivity contribution in [2.24, 2.45) is 0 Å². The lowest BCUT2D eigenvalue weighted by Crippen LogP contribution is -2.01. The van der Waals surface area contributed by atoms with E-state index in [0.29, 0.717) is 9.65 Å². The Bertz CT molecular complexity index is 616. The minimum absolute atomic E-state index is 0.339. The third-order valence-electron chi connectivity index (χ3n) is 2.29. The van der Waals surface area contributed by atoms with Gasteiger partial charge in [-0.25, -0.2) is 9.78 Å².